The monoisotopic (exact) mass is 311 g/mol. The predicted molar refractivity (Wildman–Crippen MR) is 84.3 cm³/mol. The van der Waals surface area contributed by atoms with E-state index in [1.807, 2.05) is 36.5 Å². The Morgan fingerprint density at radius 3 is 2.68 bits per heavy atom. The zero-order valence-electron chi connectivity index (χ0n) is 11.2. The second-order valence-corrected chi connectivity index (χ2v) is 5.20. The maximum atomic E-state index is 11.3. The van der Waals surface area contributed by atoms with Crippen LogP contribution >= 0.6 is 11.6 Å². The number of rotatable bonds is 2. The number of fused-ring (bicyclic) bond motifs is 1. The third kappa shape index (κ3) is 2.10. The number of nitrogens with one attached hydrogen (secondary N) is 2. The van der Waals surface area contributed by atoms with Crippen LogP contribution in [0.5, 0.6) is 0 Å². The van der Waals surface area contributed by atoms with Gasteiger partial charge in [-0.25, -0.2) is 14.5 Å². The lowest BCUT2D eigenvalue weighted by Gasteiger charge is -2.06. The van der Waals surface area contributed by atoms with Gasteiger partial charge in [0.25, 0.3) is 0 Å². The van der Waals surface area contributed by atoms with Crippen molar-refractivity contribution in [3.05, 3.63) is 64.3 Å². The Kier molecular flexibility index (Phi) is 2.83. The number of pyridine rings is 1. The Hall–Kier alpha value is -2.86. The first-order chi connectivity index (χ1) is 10.7. The number of H-pyrrole nitrogens is 2. The van der Waals surface area contributed by atoms with Gasteiger partial charge in [0.1, 0.15) is 0 Å². The molecule has 1 aromatic carbocycles. The van der Waals surface area contributed by atoms with Crippen LogP contribution < -0.4 is 5.69 Å². The Balaban J connectivity index is 1.81. The molecule has 2 N–H and O–H groups in total. The lowest BCUT2D eigenvalue weighted by molar-refractivity contribution is 0.881. The molecule has 3 heterocycles. The molecule has 0 saturated heterocycles. The van der Waals surface area contributed by atoms with E-state index in [9.17, 15) is 4.79 Å². The molecule has 7 heteroatoms. The van der Waals surface area contributed by atoms with Crippen LogP contribution in [0, 0.1) is 0 Å². The van der Waals surface area contributed by atoms with Crippen LogP contribution in [0.2, 0.25) is 5.02 Å². The second-order valence-electron chi connectivity index (χ2n) is 4.79. The topological polar surface area (TPSA) is 79.4 Å². The van der Waals surface area contributed by atoms with Crippen molar-refractivity contribution < 1.29 is 0 Å². The fourth-order valence-corrected chi connectivity index (χ4v) is 2.60. The molecule has 4 aromatic rings. The fourth-order valence-electron chi connectivity index (χ4n) is 2.34. The highest BCUT2D eigenvalue weighted by Crippen LogP contribution is 2.28. The maximum absolute atomic E-state index is 11.3. The molecule has 0 bridgehead atoms. The van der Waals surface area contributed by atoms with Gasteiger partial charge in [0.15, 0.2) is 5.65 Å². The SMILES string of the molecule is O=c1[nH]c2cc(Cl)c(-c3ccc(-n4cccn4)cc3)nc2[nH]1. The van der Waals surface area contributed by atoms with Gasteiger partial charge in [0.2, 0.25) is 0 Å². The van der Waals surface area contributed by atoms with Gasteiger partial charge in [0, 0.05) is 18.0 Å². The van der Waals surface area contributed by atoms with Crippen molar-refractivity contribution in [3.8, 4) is 16.9 Å². The van der Waals surface area contributed by atoms with E-state index in [2.05, 4.69) is 20.1 Å². The van der Waals surface area contributed by atoms with Crippen molar-refractivity contribution in [3.63, 3.8) is 0 Å². The van der Waals surface area contributed by atoms with Crippen molar-refractivity contribution in [2.45, 2.75) is 0 Å². The van der Waals surface area contributed by atoms with E-state index in [0.717, 1.165) is 11.3 Å². The highest BCUT2D eigenvalue weighted by molar-refractivity contribution is 6.33. The smallest absolute Gasteiger partial charge is 0.304 e. The quantitative estimate of drug-likeness (QED) is 0.597. The summed E-state index contributed by atoms with van der Waals surface area (Å²) in [7, 11) is 0. The molecule has 0 saturated carbocycles. The third-order valence-electron chi connectivity index (χ3n) is 3.37. The second kappa shape index (κ2) is 4.85. The first-order valence-corrected chi connectivity index (χ1v) is 6.97. The molecule has 0 aliphatic rings. The lowest BCUT2D eigenvalue weighted by Crippen LogP contribution is -1.99. The van der Waals surface area contributed by atoms with Gasteiger partial charge in [-0.1, -0.05) is 23.7 Å². The molecule has 4 rings (SSSR count). The average molecular weight is 312 g/mol. The van der Waals surface area contributed by atoms with Crippen molar-refractivity contribution in [1.29, 1.82) is 0 Å². The van der Waals surface area contributed by atoms with E-state index < -0.39 is 0 Å². The Labute approximate surface area is 129 Å². The summed E-state index contributed by atoms with van der Waals surface area (Å²) in [5.74, 6) is 0. The summed E-state index contributed by atoms with van der Waals surface area (Å²) < 4.78 is 1.77. The van der Waals surface area contributed by atoms with Crippen molar-refractivity contribution in [1.82, 2.24) is 24.7 Å². The molecule has 22 heavy (non-hydrogen) atoms. The number of nitrogens with zero attached hydrogens (tertiary/aromatic N) is 3. The van der Waals surface area contributed by atoms with Crippen LogP contribution in [0.4, 0.5) is 0 Å². The van der Waals surface area contributed by atoms with Crippen LogP contribution in [-0.2, 0) is 0 Å². The number of aromatic nitrogens is 5. The summed E-state index contributed by atoms with van der Waals surface area (Å²) in [6.07, 6.45) is 3.60. The van der Waals surface area contributed by atoms with Crippen LogP contribution in [0.3, 0.4) is 0 Å². The molecule has 0 aliphatic carbocycles. The molecule has 0 aliphatic heterocycles. The van der Waals surface area contributed by atoms with Crippen molar-refractivity contribution in [2.24, 2.45) is 0 Å². The Bertz CT molecular complexity index is 999. The molecule has 0 radical (unpaired) electrons. The summed E-state index contributed by atoms with van der Waals surface area (Å²) in [5, 5.41) is 4.66. The number of hydrogen-bond donors (Lipinski definition) is 2. The summed E-state index contributed by atoms with van der Waals surface area (Å²) in [4.78, 5) is 21.0. The van der Waals surface area contributed by atoms with Gasteiger partial charge in [-0.2, -0.15) is 5.10 Å². The molecular weight excluding hydrogens is 302 g/mol. The minimum atomic E-state index is -0.301. The average Bonchev–Trinajstić information content (AvgIpc) is 3.15. The van der Waals surface area contributed by atoms with Gasteiger partial charge in [-0.15, -0.1) is 0 Å². The number of halogens is 1. The number of benzene rings is 1. The van der Waals surface area contributed by atoms with Crippen molar-refractivity contribution >= 4 is 22.8 Å². The molecule has 6 nitrogen and oxygen atoms in total. The molecule has 0 spiro atoms. The van der Waals surface area contributed by atoms with E-state index in [4.69, 9.17) is 11.6 Å². The van der Waals surface area contributed by atoms with Gasteiger partial charge >= 0.3 is 5.69 Å². The van der Waals surface area contributed by atoms with Crippen LogP contribution in [0.25, 0.3) is 28.1 Å². The van der Waals surface area contributed by atoms with E-state index in [-0.39, 0.29) is 5.69 Å². The number of aromatic amines is 2. The minimum Gasteiger partial charge on any atom is -0.304 e. The zero-order valence-corrected chi connectivity index (χ0v) is 12.0. The largest absolute Gasteiger partial charge is 0.325 e. The summed E-state index contributed by atoms with van der Waals surface area (Å²) in [6.45, 7) is 0. The maximum Gasteiger partial charge on any atom is 0.325 e. The highest BCUT2D eigenvalue weighted by atomic mass is 35.5. The Morgan fingerprint density at radius 2 is 1.95 bits per heavy atom. The molecular formula is C15H10ClN5O. The van der Waals surface area contributed by atoms with Crippen LogP contribution in [0.15, 0.2) is 53.6 Å². The first-order valence-electron chi connectivity index (χ1n) is 6.60. The summed E-state index contributed by atoms with van der Waals surface area (Å²) in [5.41, 5.74) is 3.21. The Morgan fingerprint density at radius 1 is 1.14 bits per heavy atom. The van der Waals surface area contributed by atoms with Crippen LogP contribution in [0.1, 0.15) is 0 Å². The van der Waals surface area contributed by atoms with Crippen LogP contribution in [-0.4, -0.2) is 24.7 Å². The molecule has 0 atom stereocenters. The van der Waals surface area contributed by atoms with Gasteiger partial charge in [-0.3, -0.25) is 4.98 Å². The third-order valence-corrected chi connectivity index (χ3v) is 3.65. The highest BCUT2D eigenvalue weighted by Gasteiger charge is 2.10. The first kappa shape index (κ1) is 12.8. The summed E-state index contributed by atoms with van der Waals surface area (Å²) in [6, 6.07) is 11.3. The minimum absolute atomic E-state index is 0.301. The van der Waals surface area contributed by atoms with E-state index in [1.54, 1.807) is 16.9 Å². The molecule has 0 unspecified atom stereocenters. The van der Waals surface area contributed by atoms with Crippen molar-refractivity contribution in [2.75, 3.05) is 0 Å². The van der Waals surface area contributed by atoms with E-state index in [1.165, 1.54) is 0 Å². The lowest BCUT2D eigenvalue weighted by atomic mass is 10.1. The van der Waals surface area contributed by atoms with E-state index >= 15 is 0 Å². The zero-order chi connectivity index (χ0) is 15.1. The fraction of sp³-hybridized carbons (Fsp3) is 0. The summed E-state index contributed by atoms with van der Waals surface area (Å²) >= 11 is 6.27. The standard InChI is InChI=1S/C15H10ClN5O/c16-11-8-12-14(20-15(22)18-12)19-13(11)9-2-4-10(5-3-9)21-7-1-6-17-21/h1-8H,(H2,18,19,20,22). The number of imidazole rings is 1. The molecule has 0 amide bonds. The van der Waals surface area contributed by atoms with E-state index in [0.29, 0.717) is 21.9 Å². The molecule has 3 aromatic heterocycles. The van der Waals surface area contributed by atoms with Gasteiger partial charge in [0.05, 0.1) is 21.9 Å². The normalized spacial score (nSPS) is 11.1. The predicted octanol–water partition coefficient (Wildman–Crippen LogP) is 2.76. The van der Waals surface area contributed by atoms with Gasteiger partial charge in [-0.05, 0) is 24.3 Å². The molecule has 108 valence electrons. The molecule has 0 fully saturated rings. The van der Waals surface area contributed by atoms with Gasteiger partial charge < -0.3 is 4.98 Å². The number of hydrogen-bond acceptors (Lipinski definition) is 3.